The number of methoxy groups -OCH3 is 3. The van der Waals surface area contributed by atoms with E-state index in [0.29, 0.717) is 22.1 Å². The molecular weight excluding hydrogens is 188 g/mol. The topological polar surface area (TPSA) is 27.7 Å². The molecule has 1 aromatic rings. The Labute approximate surface area is 83.0 Å². The van der Waals surface area contributed by atoms with Crippen LogP contribution in [0.4, 0.5) is 0 Å². The zero-order valence-corrected chi connectivity index (χ0v) is 8.60. The third kappa shape index (κ3) is 1.95. The fourth-order valence-electron chi connectivity index (χ4n) is 1.02. The van der Waals surface area contributed by atoms with E-state index in [-0.39, 0.29) is 0 Å². The fourth-order valence-corrected chi connectivity index (χ4v) is 1.32. The number of hydrogen-bond acceptors (Lipinski definition) is 3. The van der Waals surface area contributed by atoms with Crippen molar-refractivity contribution in [1.29, 1.82) is 0 Å². The molecule has 1 rings (SSSR count). The van der Waals surface area contributed by atoms with E-state index in [2.05, 4.69) is 0 Å². The second kappa shape index (κ2) is 4.18. The summed E-state index contributed by atoms with van der Waals surface area (Å²) < 4.78 is 15.2. The summed E-state index contributed by atoms with van der Waals surface area (Å²) in [6.45, 7) is 0. The molecule has 0 atom stereocenters. The van der Waals surface area contributed by atoms with Crippen molar-refractivity contribution in [1.82, 2.24) is 0 Å². The van der Waals surface area contributed by atoms with Crippen LogP contribution in [-0.2, 0) is 0 Å². The third-order valence-corrected chi connectivity index (χ3v) is 1.96. The SMILES string of the molecule is COc1cc([S])c(OC)c(OC)c1. The van der Waals surface area contributed by atoms with Crippen LogP contribution in [0.1, 0.15) is 0 Å². The van der Waals surface area contributed by atoms with Crippen molar-refractivity contribution in [2.24, 2.45) is 0 Å². The van der Waals surface area contributed by atoms with Gasteiger partial charge in [0.05, 0.1) is 26.2 Å². The normalized spacial score (nSPS) is 9.46. The molecule has 0 heterocycles. The highest BCUT2D eigenvalue weighted by atomic mass is 32.1. The minimum absolute atomic E-state index is 0.568. The molecule has 0 aromatic heterocycles. The summed E-state index contributed by atoms with van der Waals surface area (Å²) in [7, 11) is 4.70. The lowest BCUT2D eigenvalue weighted by atomic mass is 10.3. The van der Waals surface area contributed by atoms with E-state index in [4.69, 9.17) is 26.8 Å². The van der Waals surface area contributed by atoms with Crippen LogP contribution >= 0.6 is 12.6 Å². The Morgan fingerprint density at radius 1 is 1.00 bits per heavy atom. The highest BCUT2D eigenvalue weighted by molar-refractivity contribution is 7.80. The molecular formula is C9H11O3S. The lowest BCUT2D eigenvalue weighted by molar-refractivity contribution is 0.341. The zero-order valence-electron chi connectivity index (χ0n) is 7.79. The van der Waals surface area contributed by atoms with E-state index >= 15 is 0 Å². The van der Waals surface area contributed by atoms with E-state index < -0.39 is 0 Å². The van der Waals surface area contributed by atoms with Crippen LogP contribution in [0, 0.1) is 0 Å². The Balaban J connectivity index is 3.20. The van der Waals surface area contributed by atoms with Crippen molar-refractivity contribution in [2.75, 3.05) is 21.3 Å². The molecule has 0 aliphatic carbocycles. The van der Waals surface area contributed by atoms with E-state index in [1.54, 1.807) is 33.5 Å². The van der Waals surface area contributed by atoms with Crippen molar-refractivity contribution < 1.29 is 14.2 Å². The van der Waals surface area contributed by atoms with Crippen molar-refractivity contribution in [3.63, 3.8) is 0 Å². The quantitative estimate of drug-likeness (QED) is 0.747. The average Bonchev–Trinajstić information content (AvgIpc) is 2.16. The molecule has 0 fully saturated rings. The standard InChI is InChI=1S/C9H11O3S/c1-10-6-4-7(11-2)9(12-3)8(13)5-6/h4-5H,1-3H3. The summed E-state index contributed by atoms with van der Waals surface area (Å²) in [5.74, 6) is 1.83. The molecule has 1 radical (unpaired) electrons. The van der Waals surface area contributed by atoms with Crippen LogP contribution in [0.5, 0.6) is 17.2 Å². The third-order valence-electron chi connectivity index (χ3n) is 1.65. The first-order valence-corrected chi connectivity index (χ1v) is 4.10. The van der Waals surface area contributed by atoms with E-state index in [1.807, 2.05) is 0 Å². The highest BCUT2D eigenvalue weighted by Gasteiger charge is 2.10. The molecule has 0 saturated carbocycles. The van der Waals surface area contributed by atoms with Gasteiger partial charge in [0.25, 0.3) is 0 Å². The van der Waals surface area contributed by atoms with Crippen molar-refractivity contribution in [3.05, 3.63) is 12.1 Å². The van der Waals surface area contributed by atoms with Gasteiger partial charge in [-0.15, -0.1) is 0 Å². The molecule has 0 spiro atoms. The fraction of sp³-hybridized carbons (Fsp3) is 0.333. The number of ether oxygens (including phenoxy) is 3. The van der Waals surface area contributed by atoms with Crippen LogP contribution in [0.15, 0.2) is 17.0 Å². The Morgan fingerprint density at radius 3 is 2.15 bits per heavy atom. The first kappa shape index (κ1) is 9.92. The Morgan fingerprint density at radius 2 is 1.69 bits per heavy atom. The second-order valence-electron chi connectivity index (χ2n) is 2.36. The Hall–Kier alpha value is -1.16. The van der Waals surface area contributed by atoms with Gasteiger partial charge >= 0.3 is 0 Å². The van der Waals surface area contributed by atoms with Crippen molar-refractivity contribution in [3.8, 4) is 17.2 Å². The van der Waals surface area contributed by atoms with E-state index in [1.165, 1.54) is 0 Å². The molecule has 0 saturated heterocycles. The highest BCUT2D eigenvalue weighted by Crippen LogP contribution is 2.37. The lowest BCUT2D eigenvalue weighted by Gasteiger charge is -2.10. The largest absolute Gasteiger partial charge is 0.497 e. The maximum atomic E-state index is 5.09. The smallest absolute Gasteiger partial charge is 0.179 e. The molecule has 71 valence electrons. The van der Waals surface area contributed by atoms with Gasteiger partial charge in [-0.25, -0.2) is 0 Å². The van der Waals surface area contributed by atoms with E-state index in [0.717, 1.165) is 0 Å². The van der Waals surface area contributed by atoms with Gasteiger partial charge in [0.15, 0.2) is 11.5 Å². The zero-order chi connectivity index (χ0) is 9.84. The summed E-state index contributed by atoms with van der Waals surface area (Å²) in [5.41, 5.74) is 0. The number of benzene rings is 1. The number of hydrogen-bond donors (Lipinski definition) is 0. The lowest BCUT2D eigenvalue weighted by Crippen LogP contribution is -1.93. The minimum Gasteiger partial charge on any atom is -0.497 e. The summed E-state index contributed by atoms with van der Waals surface area (Å²) >= 11 is 5.07. The molecule has 3 nitrogen and oxygen atoms in total. The summed E-state index contributed by atoms with van der Waals surface area (Å²) in [6, 6.07) is 3.45. The molecule has 0 amide bonds. The van der Waals surface area contributed by atoms with Crippen LogP contribution in [0.25, 0.3) is 0 Å². The molecule has 0 aliphatic heterocycles. The minimum atomic E-state index is 0.568. The van der Waals surface area contributed by atoms with Gasteiger partial charge in [-0.05, 0) is 0 Å². The van der Waals surface area contributed by atoms with Crippen LogP contribution in [0.2, 0.25) is 0 Å². The van der Waals surface area contributed by atoms with Gasteiger partial charge in [0.2, 0.25) is 0 Å². The van der Waals surface area contributed by atoms with Crippen LogP contribution < -0.4 is 14.2 Å². The van der Waals surface area contributed by atoms with Crippen LogP contribution in [0.3, 0.4) is 0 Å². The first-order valence-electron chi connectivity index (χ1n) is 3.70. The summed E-state index contributed by atoms with van der Waals surface area (Å²) in [5, 5.41) is 0. The molecule has 0 N–H and O–H groups in total. The molecule has 13 heavy (non-hydrogen) atoms. The predicted octanol–water partition coefficient (Wildman–Crippen LogP) is 2.27. The Bertz CT molecular complexity index is 299. The summed E-state index contributed by atoms with van der Waals surface area (Å²) in [6.07, 6.45) is 0. The van der Waals surface area contributed by atoms with Gasteiger partial charge in [-0.2, -0.15) is 0 Å². The molecule has 0 unspecified atom stereocenters. The number of rotatable bonds is 3. The molecule has 1 aromatic carbocycles. The van der Waals surface area contributed by atoms with Gasteiger partial charge in [-0.1, -0.05) is 12.6 Å². The predicted molar refractivity (Wildman–Crippen MR) is 52.0 cm³/mol. The Kier molecular flexibility index (Phi) is 3.19. The average molecular weight is 199 g/mol. The molecule has 0 bridgehead atoms. The van der Waals surface area contributed by atoms with Gasteiger partial charge in [0.1, 0.15) is 5.75 Å². The summed E-state index contributed by atoms with van der Waals surface area (Å²) in [4.78, 5) is 0.582. The van der Waals surface area contributed by atoms with Gasteiger partial charge < -0.3 is 14.2 Å². The van der Waals surface area contributed by atoms with Crippen molar-refractivity contribution >= 4 is 12.6 Å². The monoisotopic (exact) mass is 199 g/mol. The first-order chi connectivity index (χ1) is 6.22. The molecule has 0 aliphatic rings. The van der Waals surface area contributed by atoms with Crippen molar-refractivity contribution in [2.45, 2.75) is 4.90 Å². The maximum Gasteiger partial charge on any atom is 0.179 e. The second-order valence-corrected chi connectivity index (χ2v) is 2.80. The van der Waals surface area contributed by atoms with Crippen LogP contribution in [-0.4, -0.2) is 21.3 Å². The van der Waals surface area contributed by atoms with Gasteiger partial charge in [0, 0.05) is 12.1 Å². The van der Waals surface area contributed by atoms with Gasteiger partial charge in [-0.3, -0.25) is 0 Å². The van der Waals surface area contributed by atoms with E-state index in [9.17, 15) is 0 Å². The maximum absolute atomic E-state index is 5.09. The molecule has 4 heteroatoms.